The summed E-state index contributed by atoms with van der Waals surface area (Å²) in [7, 11) is 0. The second kappa shape index (κ2) is 11.7. The van der Waals surface area contributed by atoms with E-state index in [-0.39, 0.29) is 34.9 Å². The first-order chi connectivity index (χ1) is 18.3. The van der Waals surface area contributed by atoms with Crippen molar-refractivity contribution in [3.05, 3.63) is 53.1 Å². The number of rotatable bonds is 10. The van der Waals surface area contributed by atoms with Crippen LogP contribution in [0.25, 0.3) is 0 Å². The van der Waals surface area contributed by atoms with Crippen LogP contribution in [0.15, 0.2) is 36.4 Å². The number of ether oxygens (including phenoxy) is 3. The average Bonchev–Trinajstić information content (AvgIpc) is 3.14. The molecule has 2 aliphatic heterocycles. The Balaban J connectivity index is 1.85. The highest BCUT2D eigenvalue weighted by Crippen LogP contribution is 2.40. The highest BCUT2D eigenvalue weighted by Gasteiger charge is 2.46. The molecule has 0 saturated carbocycles. The van der Waals surface area contributed by atoms with E-state index >= 15 is 0 Å². The molecule has 2 unspecified atom stereocenters. The molecule has 38 heavy (non-hydrogen) atoms. The van der Waals surface area contributed by atoms with E-state index in [0.29, 0.717) is 38.2 Å². The van der Waals surface area contributed by atoms with Crippen LogP contribution in [0.3, 0.4) is 0 Å². The standard InChI is InChI=1S/C26H27F2N3O7/c1-3-37-21-13-16(7-8-20(21)38-26(27)28)23(19(14-32)30-9-11-36-12-10-30)31-24(34)17-5-4-6-18(29-15(2)33)22(17)25(31)35/h4-8,13-14,19,23,26H,3,9-12H2,1-2H3,(H,29,33). The number of nitrogens with one attached hydrogen (secondary N) is 1. The Labute approximate surface area is 217 Å². The minimum Gasteiger partial charge on any atom is -0.490 e. The van der Waals surface area contributed by atoms with Crippen LogP contribution in [0, 0.1) is 0 Å². The number of aldehydes is 1. The quantitative estimate of drug-likeness (QED) is 0.368. The summed E-state index contributed by atoms with van der Waals surface area (Å²) in [6, 6.07) is 6.43. The van der Waals surface area contributed by atoms with Gasteiger partial charge in [0.1, 0.15) is 6.29 Å². The van der Waals surface area contributed by atoms with Gasteiger partial charge in [-0.1, -0.05) is 12.1 Å². The number of fused-ring (bicyclic) bond motifs is 1. The zero-order valence-corrected chi connectivity index (χ0v) is 20.8. The molecule has 10 nitrogen and oxygen atoms in total. The minimum absolute atomic E-state index is 0.00649. The lowest BCUT2D eigenvalue weighted by atomic mass is 9.96. The maximum Gasteiger partial charge on any atom is 0.387 e. The number of anilines is 1. The summed E-state index contributed by atoms with van der Waals surface area (Å²) in [5, 5.41) is 2.57. The number of imide groups is 1. The Morgan fingerprint density at radius 1 is 1.13 bits per heavy atom. The maximum absolute atomic E-state index is 13.8. The first-order valence-corrected chi connectivity index (χ1v) is 12.0. The van der Waals surface area contributed by atoms with Crippen LogP contribution in [0.2, 0.25) is 0 Å². The molecular weight excluding hydrogens is 504 g/mol. The number of amides is 3. The third-order valence-corrected chi connectivity index (χ3v) is 6.29. The van der Waals surface area contributed by atoms with E-state index in [1.54, 1.807) is 11.8 Å². The van der Waals surface area contributed by atoms with Crippen molar-refractivity contribution in [2.45, 2.75) is 32.5 Å². The van der Waals surface area contributed by atoms with E-state index in [0.717, 1.165) is 4.90 Å². The fraction of sp³-hybridized carbons (Fsp3) is 0.385. The van der Waals surface area contributed by atoms with Crippen molar-refractivity contribution in [1.82, 2.24) is 9.80 Å². The third kappa shape index (κ3) is 5.36. The average molecular weight is 532 g/mol. The summed E-state index contributed by atoms with van der Waals surface area (Å²) in [4.78, 5) is 54.5. The molecule has 0 spiro atoms. The number of carbonyl (C=O) groups excluding carboxylic acids is 4. The van der Waals surface area contributed by atoms with E-state index in [4.69, 9.17) is 9.47 Å². The molecule has 1 fully saturated rings. The predicted molar refractivity (Wildman–Crippen MR) is 130 cm³/mol. The van der Waals surface area contributed by atoms with Gasteiger partial charge in [0.15, 0.2) is 11.5 Å². The number of hydrogen-bond donors (Lipinski definition) is 1. The van der Waals surface area contributed by atoms with Crippen LogP contribution in [0.4, 0.5) is 14.5 Å². The molecule has 3 amide bonds. The molecule has 4 rings (SSSR count). The molecule has 12 heteroatoms. The molecule has 2 aromatic rings. The van der Waals surface area contributed by atoms with Gasteiger partial charge < -0.3 is 24.3 Å². The van der Waals surface area contributed by atoms with E-state index in [9.17, 15) is 28.0 Å². The highest BCUT2D eigenvalue weighted by molar-refractivity contribution is 6.24. The van der Waals surface area contributed by atoms with Crippen LogP contribution >= 0.6 is 0 Å². The number of carbonyl (C=O) groups is 4. The van der Waals surface area contributed by atoms with Gasteiger partial charge >= 0.3 is 6.61 Å². The van der Waals surface area contributed by atoms with E-state index in [1.807, 2.05) is 0 Å². The molecule has 0 radical (unpaired) electrons. The Hall–Kier alpha value is -3.90. The molecule has 2 atom stereocenters. The monoisotopic (exact) mass is 531 g/mol. The number of nitrogens with zero attached hydrogens (tertiary/aromatic N) is 2. The van der Waals surface area contributed by atoms with Gasteiger partial charge in [-0.15, -0.1) is 0 Å². The third-order valence-electron chi connectivity index (χ3n) is 6.29. The lowest BCUT2D eigenvalue weighted by Gasteiger charge is -2.39. The zero-order valence-electron chi connectivity index (χ0n) is 20.8. The Bertz CT molecular complexity index is 1230. The van der Waals surface area contributed by atoms with Crippen LogP contribution in [-0.4, -0.2) is 79.4 Å². The van der Waals surface area contributed by atoms with Crippen LogP contribution < -0.4 is 14.8 Å². The first-order valence-electron chi connectivity index (χ1n) is 12.0. The normalized spacial score (nSPS) is 17.2. The summed E-state index contributed by atoms with van der Waals surface area (Å²) < 4.78 is 41.4. The highest BCUT2D eigenvalue weighted by atomic mass is 19.3. The number of alkyl halides is 2. The summed E-state index contributed by atoms with van der Waals surface area (Å²) in [5.41, 5.74) is 0.543. The van der Waals surface area contributed by atoms with Crippen molar-refractivity contribution in [2.75, 3.05) is 38.2 Å². The molecule has 0 aliphatic carbocycles. The fourth-order valence-electron chi connectivity index (χ4n) is 4.75. The van der Waals surface area contributed by atoms with Gasteiger partial charge in [-0.2, -0.15) is 8.78 Å². The molecule has 0 bridgehead atoms. The molecular formula is C26H27F2N3O7. The largest absolute Gasteiger partial charge is 0.490 e. The Morgan fingerprint density at radius 2 is 1.87 bits per heavy atom. The second-order valence-electron chi connectivity index (χ2n) is 8.63. The van der Waals surface area contributed by atoms with Crippen LogP contribution in [0.1, 0.15) is 46.2 Å². The summed E-state index contributed by atoms with van der Waals surface area (Å²) >= 11 is 0. The van der Waals surface area contributed by atoms with E-state index in [2.05, 4.69) is 10.1 Å². The molecule has 2 heterocycles. The predicted octanol–water partition coefficient (Wildman–Crippen LogP) is 2.88. The zero-order chi connectivity index (χ0) is 27.4. The SMILES string of the molecule is CCOc1cc(C(C(C=O)N2CCOCC2)N2C(=O)c3cccc(NC(C)=O)c3C2=O)ccc1OC(F)F. The van der Waals surface area contributed by atoms with Gasteiger partial charge in [0.25, 0.3) is 11.8 Å². The van der Waals surface area contributed by atoms with Crippen molar-refractivity contribution in [1.29, 1.82) is 0 Å². The van der Waals surface area contributed by atoms with E-state index < -0.39 is 36.4 Å². The second-order valence-corrected chi connectivity index (χ2v) is 8.63. The molecule has 2 aromatic carbocycles. The molecule has 2 aliphatic rings. The van der Waals surface area contributed by atoms with Gasteiger partial charge in [-0.25, -0.2) is 0 Å². The first kappa shape index (κ1) is 27.1. The van der Waals surface area contributed by atoms with Gasteiger partial charge in [-0.3, -0.25) is 24.2 Å². The van der Waals surface area contributed by atoms with Gasteiger partial charge in [-0.05, 0) is 36.8 Å². The Morgan fingerprint density at radius 3 is 2.50 bits per heavy atom. The molecule has 202 valence electrons. The topological polar surface area (TPSA) is 114 Å². The minimum atomic E-state index is -3.10. The lowest BCUT2D eigenvalue weighted by Crippen LogP contribution is -2.52. The fourth-order valence-corrected chi connectivity index (χ4v) is 4.75. The van der Waals surface area contributed by atoms with Crippen molar-refractivity contribution >= 4 is 29.7 Å². The number of hydrogen-bond acceptors (Lipinski definition) is 8. The van der Waals surface area contributed by atoms with Gasteiger partial charge in [0, 0.05) is 20.0 Å². The lowest BCUT2D eigenvalue weighted by molar-refractivity contribution is -0.116. The summed E-state index contributed by atoms with van der Waals surface area (Å²) in [5.74, 6) is -2.05. The number of morpholine rings is 1. The van der Waals surface area contributed by atoms with Crippen molar-refractivity contribution < 1.29 is 42.2 Å². The molecule has 1 N–H and O–H groups in total. The molecule has 0 aromatic heterocycles. The smallest absolute Gasteiger partial charge is 0.387 e. The van der Waals surface area contributed by atoms with Crippen molar-refractivity contribution in [3.8, 4) is 11.5 Å². The van der Waals surface area contributed by atoms with E-state index in [1.165, 1.54) is 43.3 Å². The van der Waals surface area contributed by atoms with Crippen LogP contribution in [0.5, 0.6) is 11.5 Å². The van der Waals surface area contributed by atoms with Crippen LogP contribution in [-0.2, 0) is 14.3 Å². The number of halogens is 2. The summed E-state index contributed by atoms with van der Waals surface area (Å²) in [6.45, 7) is 1.38. The van der Waals surface area contributed by atoms with Gasteiger partial charge in [0.2, 0.25) is 5.91 Å². The van der Waals surface area contributed by atoms with Gasteiger partial charge in [0.05, 0.1) is 48.7 Å². The Kier molecular flexibility index (Phi) is 8.32. The van der Waals surface area contributed by atoms with Crippen molar-refractivity contribution in [3.63, 3.8) is 0 Å². The summed E-state index contributed by atoms with van der Waals surface area (Å²) in [6.07, 6.45) is 0.651. The van der Waals surface area contributed by atoms with Crippen molar-refractivity contribution in [2.24, 2.45) is 0 Å². The number of benzene rings is 2. The molecule has 1 saturated heterocycles. The maximum atomic E-state index is 13.8.